The van der Waals surface area contributed by atoms with Crippen molar-refractivity contribution in [3.8, 4) is 0 Å². The van der Waals surface area contributed by atoms with E-state index in [9.17, 15) is 0 Å². The molecule has 1 aromatic rings. The zero-order chi connectivity index (χ0) is 5.98. The lowest BCUT2D eigenvalue weighted by Gasteiger charge is -1.86. The summed E-state index contributed by atoms with van der Waals surface area (Å²) in [5, 5.41) is 2.01. The maximum absolute atomic E-state index is 7.27. The van der Waals surface area contributed by atoms with Crippen molar-refractivity contribution in [2.45, 2.75) is 4.21 Å². The van der Waals surface area contributed by atoms with Gasteiger partial charge in [0.2, 0.25) is 0 Å². The van der Waals surface area contributed by atoms with E-state index in [4.69, 9.17) is 4.78 Å². The third kappa shape index (κ3) is 1.17. The smallest absolute Gasteiger partial charge is 0.0701 e. The molecule has 1 heterocycles. The van der Waals surface area contributed by atoms with Gasteiger partial charge in [-0.1, -0.05) is 16.8 Å². The molecule has 0 saturated heterocycles. The molecule has 0 spiro atoms. The highest BCUT2D eigenvalue weighted by molar-refractivity contribution is 7.87. The van der Waals surface area contributed by atoms with E-state index in [1.807, 2.05) is 23.8 Å². The van der Waals surface area contributed by atoms with Crippen LogP contribution in [0.15, 0.2) is 21.7 Å². The third-order valence-corrected chi connectivity index (χ3v) is 3.24. The van der Waals surface area contributed by atoms with Crippen LogP contribution in [0.25, 0.3) is 0 Å². The van der Waals surface area contributed by atoms with E-state index >= 15 is 0 Å². The van der Waals surface area contributed by atoms with Crippen molar-refractivity contribution in [1.82, 2.24) is 0 Å². The van der Waals surface area contributed by atoms with Crippen molar-refractivity contribution < 1.29 is 0 Å². The second-order valence-electron chi connectivity index (χ2n) is 1.44. The van der Waals surface area contributed by atoms with Crippen LogP contribution in [0.1, 0.15) is 0 Å². The van der Waals surface area contributed by atoms with Crippen LogP contribution in [0.5, 0.6) is 0 Å². The van der Waals surface area contributed by atoms with Gasteiger partial charge in [0.1, 0.15) is 0 Å². The Hall–Kier alpha value is -0.150. The SMILES string of the molecule is CS(=N)c1cccs1. The molecule has 0 fully saturated rings. The van der Waals surface area contributed by atoms with Crippen LogP contribution in [0.2, 0.25) is 0 Å². The molecular formula is C5H7NS2. The Morgan fingerprint density at radius 1 is 1.75 bits per heavy atom. The quantitative estimate of drug-likeness (QED) is 0.626. The number of hydrogen-bond donors (Lipinski definition) is 1. The molecule has 1 aromatic heterocycles. The maximum Gasteiger partial charge on any atom is 0.0701 e. The highest BCUT2D eigenvalue weighted by Crippen LogP contribution is 2.11. The number of nitrogens with one attached hydrogen (secondary N) is 1. The first-order valence-corrected chi connectivity index (χ1v) is 4.72. The summed E-state index contributed by atoms with van der Waals surface area (Å²) in [6.45, 7) is 0. The van der Waals surface area contributed by atoms with Gasteiger partial charge >= 0.3 is 0 Å². The van der Waals surface area contributed by atoms with Gasteiger partial charge in [-0.3, -0.25) is 4.78 Å². The topological polar surface area (TPSA) is 23.9 Å². The monoisotopic (exact) mass is 145 g/mol. The van der Waals surface area contributed by atoms with Crippen molar-refractivity contribution in [2.75, 3.05) is 6.26 Å². The molecule has 1 unspecified atom stereocenters. The summed E-state index contributed by atoms with van der Waals surface area (Å²) >= 11 is 1.66. The fourth-order valence-corrected chi connectivity index (χ4v) is 1.91. The van der Waals surface area contributed by atoms with Crippen LogP contribution >= 0.6 is 11.3 Å². The van der Waals surface area contributed by atoms with Crippen molar-refractivity contribution >= 4 is 22.0 Å². The number of rotatable bonds is 1. The Morgan fingerprint density at radius 3 is 2.75 bits per heavy atom. The van der Waals surface area contributed by atoms with Gasteiger partial charge in [-0.2, -0.15) is 0 Å². The van der Waals surface area contributed by atoms with Crippen LogP contribution in [0, 0.1) is 4.78 Å². The van der Waals surface area contributed by atoms with E-state index in [1.54, 1.807) is 11.3 Å². The molecule has 1 rings (SSSR count). The fraction of sp³-hybridized carbons (Fsp3) is 0.200. The van der Waals surface area contributed by atoms with Gasteiger partial charge in [0.15, 0.2) is 0 Å². The van der Waals surface area contributed by atoms with Crippen molar-refractivity contribution in [1.29, 1.82) is 4.78 Å². The molecule has 0 aliphatic rings. The van der Waals surface area contributed by atoms with Crippen LogP contribution in [0.4, 0.5) is 0 Å². The van der Waals surface area contributed by atoms with Gasteiger partial charge < -0.3 is 0 Å². The van der Waals surface area contributed by atoms with Gasteiger partial charge in [-0.05, 0) is 17.7 Å². The normalized spacial score (nSPS) is 13.6. The first kappa shape index (κ1) is 5.98. The minimum atomic E-state index is -0.279. The summed E-state index contributed by atoms with van der Waals surface area (Å²) in [6, 6.07) is 3.98. The minimum Gasteiger partial charge on any atom is -0.275 e. The summed E-state index contributed by atoms with van der Waals surface area (Å²) in [4.78, 5) is 0. The van der Waals surface area contributed by atoms with Gasteiger partial charge in [-0.15, -0.1) is 11.3 Å². The van der Waals surface area contributed by atoms with E-state index in [2.05, 4.69) is 0 Å². The average molecular weight is 145 g/mol. The molecule has 44 valence electrons. The fourth-order valence-electron chi connectivity index (χ4n) is 0.438. The molecule has 0 aliphatic heterocycles. The molecule has 0 saturated carbocycles. The Bertz CT molecular complexity index is 178. The van der Waals surface area contributed by atoms with Crippen molar-refractivity contribution in [3.05, 3.63) is 17.5 Å². The molecule has 8 heavy (non-hydrogen) atoms. The summed E-state index contributed by atoms with van der Waals surface area (Å²) in [7, 11) is -0.279. The Morgan fingerprint density at radius 2 is 2.50 bits per heavy atom. The minimum absolute atomic E-state index is 0.279. The van der Waals surface area contributed by atoms with Crippen molar-refractivity contribution in [3.63, 3.8) is 0 Å². The molecule has 1 N–H and O–H groups in total. The highest BCUT2D eigenvalue weighted by atomic mass is 32.2. The van der Waals surface area contributed by atoms with Gasteiger partial charge in [0.05, 0.1) is 4.21 Å². The second kappa shape index (κ2) is 2.42. The lowest BCUT2D eigenvalue weighted by molar-refractivity contribution is 1.58. The van der Waals surface area contributed by atoms with Crippen LogP contribution in [-0.2, 0) is 10.7 Å². The average Bonchev–Trinajstić information content (AvgIpc) is 2.12. The third-order valence-electron chi connectivity index (χ3n) is 0.797. The number of thiophene rings is 1. The largest absolute Gasteiger partial charge is 0.275 e. The summed E-state index contributed by atoms with van der Waals surface area (Å²) in [6.07, 6.45) is 1.91. The first-order valence-electron chi connectivity index (χ1n) is 2.21. The Labute approximate surface area is 55.3 Å². The van der Waals surface area contributed by atoms with Crippen LogP contribution < -0.4 is 0 Å². The maximum atomic E-state index is 7.27. The zero-order valence-electron chi connectivity index (χ0n) is 4.55. The van der Waals surface area contributed by atoms with Gasteiger partial charge in [0, 0.05) is 0 Å². The molecule has 1 atom stereocenters. The summed E-state index contributed by atoms with van der Waals surface area (Å²) < 4.78 is 8.44. The lowest BCUT2D eigenvalue weighted by atomic mass is 10.7. The van der Waals surface area contributed by atoms with Crippen molar-refractivity contribution in [2.24, 2.45) is 0 Å². The summed E-state index contributed by atoms with van der Waals surface area (Å²) in [5.74, 6) is 0. The van der Waals surface area contributed by atoms with Crippen LogP contribution in [0.3, 0.4) is 0 Å². The standard InChI is InChI=1S/C5H7NS2/c1-8(6)5-3-2-4-7-5/h2-4,6H,1H3. The molecule has 0 radical (unpaired) electrons. The molecular weight excluding hydrogens is 138 g/mol. The van der Waals surface area contributed by atoms with Gasteiger partial charge in [-0.25, -0.2) is 0 Å². The van der Waals surface area contributed by atoms with E-state index in [1.165, 1.54) is 4.21 Å². The van der Waals surface area contributed by atoms with E-state index < -0.39 is 0 Å². The molecule has 1 nitrogen and oxygen atoms in total. The van der Waals surface area contributed by atoms with E-state index in [-0.39, 0.29) is 10.7 Å². The Balaban J connectivity index is 2.93. The number of hydrogen-bond acceptors (Lipinski definition) is 2. The highest BCUT2D eigenvalue weighted by Gasteiger charge is 1.89. The predicted octanol–water partition coefficient (Wildman–Crippen LogP) is 2.12. The predicted molar refractivity (Wildman–Crippen MR) is 38.6 cm³/mol. The molecule has 0 aromatic carbocycles. The second-order valence-corrected chi connectivity index (χ2v) is 4.11. The zero-order valence-corrected chi connectivity index (χ0v) is 6.18. The Kier molecular flexibility index (Phi) is 1.81. The van der Waals surface area contributed by atoms with E-state index in [0.29, 0.717) is 0 Å². The lowest BCUT2D eigenvalue weighted by Crippen LogP contribution is -1.74. The van der Waals surface area contributed by atoms with Gasteiger partial charge in [0.25, 0.3) is 0 Å². The molecule has 3 heteroatoms. The molecule has 0 aliphatic carbocycles. The van der Waals surface area contributed by atoms with Crippen LogP contribution in [-0.4, -0.2) is 6.26 Å². The molecule has 0 amide bonds. The van der Waals surface area contributed by atoms with E-state index in [0.717, 1.165) is 0 Å². The molecule has 0 bridgehead atoms. The first-order chi connectivity index (χ1) is 3.80. The summed E-state index contributed by atoms with van der Waals surface area (Å²) in [5.41, 5.74) is 0.